The first-order chi connectivity index (χ1) is 11.5. The maximum absolute atomic E-state index is 12.5. The first-order valence-electron chi connectivity index (χ1n) is 7.50. The van der Waals surface area contributed by atoms with Crippen molar-refractivity contribution < 1.29 is 14.7 Å². The highest BCUT2D eigenvalue weighted by atomic mass is 79.9. The summed E-state index contributed by atoms with van der Waals surface area (Å²) in [4.78, 5) is 25.9. The maximum atomic E-state index is 12.5. The molecule has 0 unspecified atom stereocenters. The Morgan fingerprint density at radius 3 is 3.04 bits per heavy atom. The Hall–Kier alpha value is -2.19. The van der Waals surface area contributed by atoms with Gasteiger partial charge in [-0.1, -0.05) is 22.0 Å². The van der Waals surface area contributed by atoms with Crippen LogP contribution in [0.3, 0.4) is 0 Å². The molecule has 2 atom stereocenters. The normalized spacial score (nSPS) is 20.3. The molecule has 7 nitrogen and oxygen atoms in total. The van der Waals surface area contributed by atoms with Crippen molar-refractivity contribution in [2.24, 2.45) is 0 Å². The highest BCUT2D eigenvalue weighted by Gasteiger charge is 2.34. The van der Waals surface area contributed by atoms with E-state index in [0.29, 0.717) is 11.1 Å². The molecule has 0 aromatic carbocycles. The lowest BCUT2D eigenvalue weighted by molar-refractivity contribution is -0.129. The van der Waals surface area contributed by atoms with Gasteiger partial charge in [0, 0.05) is 30.2 Å². The average Bonchev–Trinajstić information content (AvgIpc) is 3.11. The Bertz CT molecular complexity index is 804. The third-order valence-electron chi connectivity index (χ3n) is 4.01. The number of aromatic nitrogens is 2. The van der Waals surface area contributed by atoms with E-state index in [1.165, 1.54) is 17.2 Å². The zero-order chi connectivity index (χ0) is 17.3. The molecule has 2 amide bonds. The molecule has 0 radical (unpaired) electrons. The van der Waals surface area contributed by atoms with E-state index in [9.17, 15) is 14.7 Å². The monoisotopic (exact) mass is 392 g/mol. The van der Waals surface area contributed by atoms with Crippen molar-refractivity contribution >= 4 is 33.3 Å². The molecule has 3 heterocycles. The van der Waals surface area contributed by atoms with Crippen LogP contribution in [0.4, 0.5) is 0 Å². The van der Waals surface area contributed by atoms with E-state index < -0.39 is 12.1 Å². The van der Waals surface area contributed by atoms with Crippen LogP contribution in [-0.4, -0.2) is 56.7 Å². The summed E-state index contributed by atoms with van der Waals surface area (Å²) in [6, 6.07) is 3.12. The Labute approximate surface area is 147 Å². The molecule has 8 heteroatoms. The summed E-state index contributed by atoms with van der Waals surface area (Å²) in [6.07, 6.45) is 4.18. The lowest BCUT2D eigenvalue weighted by Gasteiger charge is -2.16. The van der Waals surface area contributed by atoms with Gasteiger partial charge in [-0.05, 0) is 12.1 Å². The van der Waals surface area contributed by atoms with Gasteiger partial charge in [-0.25, -0.2) is 4.52 Å². The van der Waals surface area contributed by atoms with Gasteiger partial charge in [0.15, 0.2) is 0 Å². The van der Waals surface area contributed by atoms with Crippen LogP contribution >= 0.6 is 15.9 Å². The number of aliphatic hydroxyl groups excluding tert-OH is 1. The van der Waals surface area contributed by atoms with Crippen LogP contribution in [0.1, 0.15) is 16.8 Å². The maximum Gasteiger partial charge on any atom is 0.255 e. The molecule has 0 bridgehead atoms. The molecule has 3 rings (SSSR count). The summed E-state index contributed by atoms with van der Waals surface area (Å²) in [5, 5.41) is 17.0. The molecule has 2 N–H and O–H groups in total. The number of likely N-dealkylation sites (tertiary alicyclic amines) is 1. The average molecular weight is 393 g/mol. The number of nitrogens with zero attached hydrogens (tertiary/aromatic N) is 3. The number of carbonyl (C=O) groups excluding carboxylic acids is 2. The molecule has 0 spiro atoms. The molecule has 1 saturated heterocycles. The first-order valence-corrected chi connectivity index (χ1v) is 8.29. The molecule has 0 saturated carbocycles. The summed E-state index contributed by atoms with van der Waals surface area (Å²) in [5.41, 5.74) is 1.08. The minimum atomic E-state index is -0.795. The fraction of sp³-hybridized carbons (Fsp3) is 0.312. The number of hydrogen-bond acceptors (Lipinski definition) is 4. The van der Waals surface area contributed by atoms with E-state index in [-0.39, 0.29) is 31.3 Å². The number of halogens is 1. The van der Waals surface area contributed by atoms with Gasteiger partial charge in [0.05, 0.1) is 29.4 Å². The first kappa shape index (κ1) is 16.7. The smallest absolute Gasteiger partial charge is 0.255 e. The standard InChI is InChI=1S/C16H17BrN4O3/c1-2-3-15(23)20-8-12(14(22)9-20)19-16(24)11-7-18-21-5-4-10(17)6-13(11)21/h2,4-7,12,14,22H,1,3,8-9H2,(H,19,24)/t12-,14-/m1/s1. The van der Waals surface area contributed by atoms with Crippen molar-refractivity contribution in [2.45, 2.75) is 18.6 Å². The van der Waals surface area contributed by atoms with Crippen LogP contribution < -0.4 is 5.32 Å². The highest BCUT2D eigenvalue weighted by Crippen LogP contribution is 2.18. The van der Waals surface area contributed by atoms with Crippen LogP contribution in [0.25, 0.3) is 5.52 Å². The minimum absolute atomic E-state index is 0.110. The highest BCUT2D eigenvalue weighted by molar-refractivity contribution is 9.10. The third kappa shape index (κ3) is 3.20. The van der Waals surface area contributed by atoms with Crippen molar-refractivity contribution in [2.75, 3.05) is 13.1 Å². The molecule has 126 valence electrons. The molecule has 2 aromatic rings. The number of pyridine rings is 1. The van der Waals surface area contributed by atoms with E-state index in [2.05, 4.69) is 32.9 Å². The number of hydrogen-bond donors (Lipinski definition) is 2. The largest absolute Gasteiger partial charge is 0.389 e. The van der Waals surface area contributed by atoms with Crippen LogP contribution in [0, 0.1) is 0 Å². The van der Waals surface area contributed by atoms with Gasteiger partial charge < -0.3 is 15.3 Å². The van der Waals surface area contributed by atoms with Crippen molar-refractivity contribution in [3.8, 4) is 0 Å². The number of nitrogens with one attached hydrogen (secondary N) is 1. The van der Waals surface area contributed by atoms with E-state index in [4.69, 9.17) is 0 Å². The molecular weight excluding hydrogens is 376 g/mol. The Morgan fingerprint density at radius 2 is 2.29 bits per heavy atom. The third-order valence-corrected chi connectivity index (χ3v) is 4.50. The summed E-state index contributed by atoms with van der Waals surface area (Å²) in [5.74, 6) is -0.439. The van der Waals surface area contributed by atoms with Gasteiger partial charge in [0.2, 0.25) is 5.91 Å². The van der Waals surface area contributed by atoms with Crippen molar-refractivity contribution in [3.63, 3.8) is 0 Å². The molecule has 0 aliphatic carbocycles. The minimum Gasteiger partial charge on any atom is -0.389 e. The lowest BCUT2D eigenvalue weighted by Crippen LogP contribution is -2.43. The number of rotatable bonds is 4. The predicted octanol–water partition coefficient (Wildman–Crippen LogP) is 0.974. The lowest BCUT2D eigenvalue weighted by atomic mass is 10.2. The molecule has 1 aliphatic heterocycles. The van der Waals surface area contributed by atoms with Gasteiger partial charge in [-0.3, -0.25) is 9.59 Å². The summed E-state index contributed by atoms with van der Waals surface area (Å²) in [6.45, 7) is 4.02. The van der Waals surface area contributed by atoms with E-state index >= 15 is 0 Å². The fourth-order valence-corrected chi connectivity index (χ4v) is 3.10. The fourth-order valence-electron chi connectivity index (χ4n) is 2.76. The number of amides is 2. The number of carbonyl (C=O) groups is 2. The Morgan fingerprint density at radius 1 is 1.50 bits per heavy atom. The SMILES string of the molecule is C=CCC(=O)N1C[C@@H](O)[C@H](NC(=O)c2cnn3ccc(Br)cc23)C1. The number of aliphatic hydroxyl groups is 1. The van der Waals surface area contributed by atoms with Crippen LogP contribution in [0.2, 0.25) is 0 Å². The second kappa shape index (κ2) is 6.74. The van der Waals surface area contributed by atoms with Gasteiger partial charge in [0.1, 0.15) is 0 Å². The van der Waals surface area contributed by atoms with Crippen LogP contribution in [0.15, 0.2) is 41.7 Å². The van der Waals surface area contributed by atoms with Gasteiger partial charge in [-0.15, -0.1) is 6.58 Å². The zero-order valence-corrected chi connectivity index (χ0v) is 14.4. The van der Waals surface area contributed by atoms with E-state index in [1.807, 2.05) is 6.07 Å². The van der Waals surface area contributed by atoms with Crippen molar-refractivity contribution in [3.05, 3.63) is 47.2 Å². The van der Waals surface area contributed by atoms with Crippen LogP contribution in [-0.2, 0) is 4.79 Å². The Balaban J connectivity index is 1.73. The second-order valence-corrected chi connectivity index (χ2v) is 6.59. The number of fused-ring (bicyclic) bond motifs is 1. The van der Waals surface area contributed by atoms with Gasteiger partial charge in [-0.2, -0.15) is 5.10 Å². The molecule has 24 heavy (non-hydrogen) atoms. The van der Waals surface area contributed by atoms with Crippen molar-refractivity contribution in [1.82, 2.24) is 19.8 Å². The van der Waals surface area contributed by atoms with Gasteiger partial charge in [0.25, 0.3) is 5.91 Å². The molecule has 1 aliphatic rings. The van der Waals surface area contributed by atoms with E-state index in [1.54, 1.807) is 16.8 Å². The second-order valence-electron chi connectivity index (χ2n) is 5.67. The quantitative estimate of drug-likeness (QED) is 0.759. The topological polar surface area (TPSA) is 86.9 Å². The van der Waals surface area contributed by atoms with Crippen molar-refractivity contribution in [1.29, 1.82) is 0 Å². The molecule has 2 aromatic heterocycles. The summed E-state index contributed by atoms with van der Waals surface area (Å²) < 4.78 is 2.44. The number of β-amino-alcohol motifs (C(OH)–C–C–N with tert-alkyl or cyclic N) is 1. The molecular formula is C16H17BrN4O3. The van der Waals surface area contributed by atoms with Crippen LogP contribution in [0.5, 0.6) is 0 Å². The Kier molecular flexibility index (Phi) is 4.68. The summed E-state index contributed by atoms with van der Waals surface area (Å²) in [7, 11) is 0. The summed E-state index contributed by atoms with van der Waals surface area (Å²) >= 11 is 3.37. The van der Waals surface area contributed by atoms with Gasteiger partial charge >= 0.3 is 0 Å². The molecule has 1 fully saturated rings. The predicted molar refractivity (Wildman–Crippen MR) is 91.5 cm³/mol. The van der Waals surface area contributed by atoms with E-state index in [0.717, 1.165) is 4.47 Å². The zero-order valence-electron chi connectivity index (χ0n) is 12.9.